The number of esters is 2. The molecular weight excluding hydrogens is 670 g/mol. The van der Waals surface area contributed by atoms with Crippen LogP contribution in [0, 0.1) is 0 Å². The Morgan fingerprint density at radius 3 is 1.95 bits per heavy atom. The fraction of sp³-hybridized carbons (Fsp3) is 0.0833. The smallest absolute Gasteiger partial charge is 0.404 e. The molecule has 0 aliphatic heterocycles. The van der Waals surface area contributed by atoms with Crippen LogP contribution in [-0.2, 0) is 19.1 Å². The molecule has 1 aliphatic carbocycles. The summed E-state index contributed by atoms with van der Waals surface area (Å²) < 4.78 is 14.2. The van der Waals surface area contributed by atoms with E-state index in [9.17, 15) is 9.59 Å². The van der Waals surface area contributed by atoms with Gasteiger partial charge in [-0.25, -0.2) is 9.59 Å². The lowest BCUT2D eigenvalue weighted by molar-refractivity contribution is -0.550. The van der Waals surface area contributed by atoms with Gasteiger partial charge in [-0.3, -0.25) is 0 Å². The molecule has 5 aromatic rings. The number of hydrogen-bond acceptors (Lipinski definition) is 4. The zero-order chi connectivity index (χ0) is 30.1. The number of nitrogens with zero attached hydrogens (tertiary/aromatic N) is 1. The number of pyridine rings is 1. The Labute approximate surface area is 266 Å². The van der Waals surface area contributed by atoms with Gasteiger partial charge in [0.1, 0.15) is 5.57 Å². The topological polar surface area (TPSA) is 56.5 Å². The van der Waals surface area contributed by atoms with Crippen molar-refractivity contribution in [3.8, 4) is 11.1 Å². The van der Waals surface area contributed by atoms with Crippen LogP contribution in [0.5, 0.6) is 0 Å². The Bertz CT molecular complexity index is 1910. The Morgan fingerprint density at radius 1 is 0.721 bits per heavy atom. The van der Waals surface area contributed by atoms with Gasteiger partial charge >= 0.3 is 17.6 Å². The Morgan fingerprint density at radius 2 is 1.33 bits per heavy atom. The molecule has 1 aliphatic rings. The first-order valence-electron chi connectivity index (χ1n) is 13.6. The van der Waals surface area contributed by atoms with Crippen molar-refractivity contribution in [2.75, 3.05) is 14.2 Å². The number of benzene rings is 4. The third-order valence-corrected chi connectivity index (χ3v) is 8.63. The van der Waals surface area contributed by atoms with E-state index in [1.807, 2.05) is 109 Å². The van der Waals surface area contributed by atoms with Crippen molar-refractivity contribution in [3.05, 3.63) is 140 Å². The average Bonchev–Trinajstić information content (AvgIpc) is 3.34. The molecular formula is C36H26Br2NO4+. The van der Waals surface area contributed by atoms with Gasteiger partial charge in [-0.05, 0) is 63.7 Å². The zero-order valence-electron chi connectivity index (χ0n) is 23.4. The maximum absolute atomic E-state index is 13.9. The monoisotopic (exact) mass is 694 g/mol. The molecule has 4 aromatic carbocycles. The van der Waals surface area contributed by atoms with Gasteiger partial charge in [-0.2, -0.15) is 4.57 Å². The van der Waals surface area contributed by atoms with Crippen molar-refractivity contribution in [1.29, 1.82) is 0 Å². The SMILES string of the molecule is COC(=O)/C(=C(/C(=O)OC)[n+]1ccc(/C=C/c2ccccc2)c2ccccc21)C1c2cc(Br)ccc2-c2ccc(Br)cc21. The molecule has 0 atom stereocenters. The van der Waals surface area contributed by atoms with Gasteiger partial charge < -0.3 is 9.47 Å². The Kier molecular flexibility index (Phi) is 8.10. The van der Waals surface area contributed by atoms with Crippen LogP contribution in [0.15, 0.2) is 118 Å². The molecule has 1 heterocycles. The number of para-hydroxylation sites is 1. The van der Waals surface area contributed by atoms with E-state index in [1.165, 1.54) is 14.2 Å². The standard InChI is InChI=1S/C36H26Br2NO4/c1-42-35(40)33(32-29-20-24(37)14-16-27(29)28-17-15-25(38)21-30(28)32)34(36(41)43-2)39-19-18-23(26-10-6-7-11-31(26)39)13-12-22-8-4-3-5-9-22/h3-21,32H,1-2H3/q+1/b13-12+,34-33-. The van der Waals surface area contributed by atoms with Gasteiger partial charge in [0, 0.05) is 27.0 Å². The average molecular weight is 696 g/mol. The maximum atomic E-state index is 13.9. The molecule has 6 rings (SSSR count). The molecule has 5 nitrogen and oxygen atoms in total. The minimum atomic E-state index is -0.650. The maximum Gasteiger partial charge on any atom is 0.404 e. The number of aromatic nitrogens is 1. The van der Waals surface area contributed by atoms with E-state index in [4.69, 9.17) is 9.47 Å². The molecule has 0 bridgehead atoms. The van der Waals surface area contributed by atoms with Crippen molar-refractivity contribution in [2.45, 2.75) is 5.92 Å². The van der Waals surface area contributed by atoms with Crippen molar-refractivity contribution >= 4 is 72.6 Å². The molecule has 0 fully saturated rings. The molecule has 0 radical (unpaired) electrons. The van der Waals surface area contributed by atoms with E-state index in [1.54, 1.807) is 10.8 Å². The highest BCUT2D eigenvalue weighted by atomic mass is 79.9. The van der Waals surface area contributed by atoms with Crippen LogP contribution in [-0.4, -0.2) is 26.2 Å². The van der Waals surface area contributed by atoms with E-state index >= 15 is 0 Å². The highest BCUT2D eigenvalue weighted by molar-refractivity contribution is 9.10. The summed E-state index contributed by atoms with van der Waals surface area (Å²) in [6.07, 6.45) is 5.90. The molecule has 0 saturated carbocycles. The first-order chi connectivity index (χ1) is 20.9. The Hall–Kier alpha value is -4.33. The summed E-state index contributed by atoms with van der Waals surface area (Å²) in [5.41, 5.74) is 6.79. The first-order valence-corrected chi connectivity index (χ1v) is 15.2. The molecule has 7 heteroatoms. The summed E-state index contributed by atoms with van der Waals surface area (Å²) in [6, 6.07) is 31.7. The number of ether oxygens (including phenoxy) is 2. The molecule has 0 spiro atoms. The summed E-state index contributed by atoms with van der Waals surface area (Å²) in [4.78, 5) is 27.6. The second-order valence-corrected chi connectivity index (χ2v) is 11.9. The van der Waals surface area contributed by atoms with Gasteiger partial charge in [0.15, 0.2) is 6.20 Å². The summed E-state index contributed by atoms with van der Waals surface area (Å²) in [6.45, 7) is 0. The van der Waals surface area contributed by atoms with Crippen LogP contribution in [0.25, 0.3) is 39.9 Å². The predicted octanol–water partition coefficient (Wildman–Crippen LogP) is 8.19. The number of carbonyl (C=O) groups is 2. The van der Waals surface area contributed by atoms with Gasteiger partial charge in [0.05, 0.1) is 19.6 Å². The lowest BCUT2D eigenvalue weighted by Crippen LogP contribution is -2.40. The number of carbonyl (C=O) groups excluding carboxylic acids is 2. The first kappa shape index (κ1) is 28.8. The number of hydrogen-bond donors (Lipinski definition) is 0. The minimum Gasteiger partial charge on any atom is -0.465 e. The third kappa shape index (κ3) is 5.35. The van der Waals surface area contributed by atoms with E-state index in [0.29, 0.717) is 0 Å². The normalized spacial score (nSPS) is 13.0. The van der Waals surface area contributed by atoms with Crippen molar-refractivity contribution in [1.82, 2.24) is 0 Å². The van der Waals surface area contributed by atoms with E-state index in [-0.39, 0.29) is 11.3 Å². The van der Waals surface area contributed by atoms with Crippen molar-refractivity contribution < 1.29 is 23.6 Å². The van der Waals surface area contributed by atoms with Gasteiger partial charge in [-0.15, -0.1) is 0 Å². The van der Waals surface area contributed by atoms with Crippen LogP contribution in [0.1, 0.15) is 28.2 Å². The lowest BCUT2D eigenvalue weighted by Gasteiger charge is -2.18. The van der Waals surface area contributed by atoms with E-state index in [0.717, 1.165) is 53.2 Å². The predicted molar refractivity (Wildman–Crippen MR) is 176 cm³/mol. The zero-order valence-corrected chi connectivity index (χ0v) is 26.6. The fourth-order valence-corrected chi connectivity index (χ4v) is 6.51. The molecule has 0 N–H and O–H groups in total. The van der Waals surface area contributed by atoms with E-state index < -0.39 is 17.9 Å². The third-order valence-electron chi connectivity index (χ3n) is 7.64. The molecule has 0 saturated heterocycles. The summed E-state index contributed by atoms with van der Waals surface area (Å²) in [5, 5.41) is 0.903. The van der Waals surface area contributed by atoms with Gasteiger partial charge in [0.2, 0.25) is 5.52 Å². The minimum absolute atomic E-state index is 0.0906. The van der Waals surface area contributed by atoms with Gasteiger partial charge in [0.25, 0.3) is 0 Å². The number of fused-ring (bicyclic) bond motifs is 4. The second-order valence-electron chi connectivity index (χ2n) is 10.0. The summed E-state index contributed by atoms with van der Waals surface area (Å²) >= 11 is 7.21. The van der Waals surface area contributed by atoms with Gasteiger partial charge in [-0.1, -0.05) is 98.6 Å². The van der Waals surface area contributed by atoms with Crippen molar-refractivity contribution in [3.63, 3.8) is 0 Å². The second kappa shape index (κ2) is 12.1. The largest absolute Gasteiger partial charge is 0.465 e. The van der Waals surface area contributed by atoms with Crippen LogP contribution < -0.4 is 4.57 Å². The highest BCUT2D eigenvalue weighted by Crippen LogP contribution is 2.50. The number of methoxy groups -OCH3 is 2. The van der Waals surface area contributed by atoms with E-state index in [2.05, 4.69) is 31.9 Å². The van der Waals surface area contributed by atoms with Crippen LogP contribution in [0.4, 0.5) is 0 Å². The number of halogens is 2. The van der Waals surface area contributed by atoms with Crippen LogP contribution in [0.3, 0.4) is 0 Å². The van der Waals surface area contributed by atoms with Crippen molar-refractivity contribution in [2.24, 2.45) is 0 Å². The molecule has 1 aromatic heterocycles. The van der Waals surface area contributed by atoms with Crippen LogP contribution in [0.2, 0.25) is 0 Å². The quantitative estimate of drug-likeness (QED) is 0.102. The van der Waals surface area contributed by atoms with Crippen LogP contribution >= 0.6 is 31.9 Å². The molecule has 0 unspecified atom stereocenters. The number of rotatable bonds is 6. The fourth-order valence-electron chi connectivity index (χ4n) is 5.75. The molecule has 0 amide bonds. The lowest BCUT2D eigenvalue weighted by atomic mass is 9.87. The Balaban J connectivity index is 1.65. The molecule has 43 heavy (non-hydrogen) atoms. The highest BCUT2D eigenvalue weighted by Gasteiger charge is 2.43. The molecule has 212 valence electrons. The summed E-state index contributed by atoms with van der Waals surface area (Å²) in [7, 11) is 2.65. The summed E-state index contributed by atoms with van der Waals surface area (Å²) in [5.74, 6) is -1.86.